The van der Waals surface area contributed by atoms with Gasteiger partial charge in [-0.2, -0.15) is 0 Å². The van der Waals surface area contributed by atoms with E-state index in [-0.39, 0.29) is 43.6 Å². The van der Waals surface area contributed by atoms with Gasteiger partial charge in [-0.3, -0.25) is 13.9 Å². The molecule has 0 bridgehead atoms. The zero-order valence-electron chi connectivity index (χ0n) is 23.0. The van der Waals surface area contributed by atoms with Crippen LogP contribution in [0.15, 0.2) is 42.5 Å². The van der Waals surface area contributed by atoms with E-state index >= 15 is 0 Å². The topological polar surface area (TPSA) is 86.8 Å². The predicted octanol–water partition coefficient (Wildman–Crippen LogP) is 4.71. The lowest BCUT2D eigenvalue weighted by molar-refractivity contribution is -0.142. The molecular weight excluding hydrogens is 493 g/mol. The maximum absolute atomic E-state index is 13.5. The number of amides is 2. The number of nitrogens with zero attached hydrogens (tertiary/aromatic N) is 2. The minimum Gasteiger partial charge on any atom is -0.350 e. The number of hydrogen-bond acceptors (Lipinski definition) is 4. The lowest BCUT2D eigenvalue weighted by atomic mass is 10.0. The largest absolute Gasteiger partial charge is 0.350 e. The van der Waals surface area contributed by atoms with Crippen molar-refractivity contribution in [2.45, 2.75) is 78.9 Å². The highest BCUT2D eigenvalue weighted by atomic mass is 32.2. The van der Waals surface area contributed by atoms with Crippen molar-refractivity contribution in [3.05, 3.63) is 65.0 Å². The van der Waals surface area contributed by atoms with Crippen molar-refractivity contribution in [1.29, 1.82) is 0 Å². The van der Waals surface area contributed by atoms with E-state index in [1.54, 1.807) is 24.3 Å². The van der Waals surface area contributed by atoms with Gasteiger partial charge in [0.05, 0.1) is 11.9 Å². The summed E-state index contributed by atoms with van der Waals surface area (Å²) in [5.74, 6) is -0.918. The zero-order chi connectivity index (χ0) is 28.0. The third-order valence-corrected chi connectivity index (χ3v) is 6.99. The number of nitrogens with one attached hydrogen (secondary N) is 1. The second-order valence-corrected chi connectivity index (χ2v) is 12.5. The van der Waals surface area contributed by atoms with E-state index < -0.39 is 21.6 Å². The van der Waals surface area contributed by atoms with Crippen LogP contribution in [0, 0.1) is 19.7 Å². The lowest BCUT2D eigenvalue weighted by Crippen LogP contribution is -2.53. The van der Waals surface area contributed by atoms with Gasteiger partial charge >= 0.3 is 0 Å². The normalized spacial score (nSPS) is 12.6. The molecule has 37 heavy (non-hydrogen) atoms. The summed E-state index contributed by atoms with van der Waals surface area (Å²) in [4.78, 5) is 28.1. The summed E-state index contributed by atoms with van der Waals surface area (Å²) in [7, 11) is -3.57. The molecule has 2 aromatic carbocycles. The van der Waals surface area contributed by atoms with Gasteiger partial charge < -0.3 is 10.2 Å². The molecule has 2 amide bonds. The monoisotopic (exact) mass is 533 g/mol. The molecular formula is C28H40FN3O4S. The fourth-order valence-electron chi connectivity index (χ4n) is 4.26. The molecule has 0 fully saturated rings. The second kappa shape index (κ2) is 12.5. The van der Waals surface area contributed by atoms with Crippen molar-refractivity contribution in [2.75, 3.05) is 17.1 Å². The Morgan fingerprint density at radius 1 is 1.03 bits per heavy atom. The van der Waals surface area contributed by atoms with Gasteiger partial charge in [-0.05, 0) is 88.4 Å². The van der Waals surface area contributed by atoms with Crippen LogP contribution in [0.1, 0.15) is 63.6 Å². The maximum Gasteiger partial charge on any atom is 0.243 e. The number of benzene rings is 2. The van der Waals surface area contributed by atoms with Gasteiger partial charge in [0.2, 0.25) is 21.8 Å². The average molecular weight is 534 g/mol. The number of rotatable bonds is 11. The Morgan fingerprint density at radius 2 is 1.59 bits per heavy atom. The maximum atomic E-state index is 13.5. The minimum atomic E-state index is -3.57. The van der Waals surface area contributed by atoms with E-state index in [9.17, 15) is 22.4 Å². The van der Waals surface area contributed by atoms with Crippen LogP contribution in [0.3, 0.4) is 0 Å². The van der Waals surface area contributed by atoms with E-state index in [0.29, 0.717) is 17.7 Å². The summed E-state index contributed by atoms with van der Waals surface area (Å²) in [5, 5.41) is 2.95. The first kappa shape index (κ1) is 30.3. The standard InChI is InChI=1S/C28H40FN3O4S/c1-8-25(27(34)30-28(4,5)6)31(19-22-11-13-23(29)14-12-22)26(33)10-9-15-32(37(7,35)36)24-17-20(2)16-21(3)18-24/h11-14,16-18,25H,8-10,15,19H2,1-7H3,(H,30,34). The van der Waals surface area contributed by atoms with E-state index in [2.05, 4.69) is 5.32 Å². The van der Waals surface area contributed by atoms with Crippen molar-refractivity contribution < 1.29 is 22.4 Å². The molecule has 0 aliphatic rings. The third kappa shape index (κ3) is 9.46. The first-order valence-electron chi connectivity index (χ1n) is 12.5. The van der Waals surface area contributed by atoms with Crippen LogP contribution in [0.25, 0.3) is 0 Å². The Labute approximate surface area is 221 Å². The van der Waals surface area contributed by atoms with E-state index in [4.69, 9.17) is 0 Å². The summed E-state index contributed by atoms with van der Waals surface area (Å²) in [6, 6.07) is 10.7. The van der Waals surface area contributed by atoms with Crippen molar-refractivity contribution >= 4 is 27.5 Å². The predicted molar refractivity (Wildman–Crippen MR) is 146 cm³/mol. The smallest absolute Gasteiger partial charge is 0.243 e. The molecule has 1 unspecified atom stereocenters. The van der Waals surface area contributed by atoms with Crippen LogP contribution >= 0.6 is 0 Å². The van der Waals surface area contributed by atoms with Gasteiger partial charge in [-0.25, -0.2) is 12.8 Å². The molecule has 0 aromatic heterocycles. The third-order valence-electron chi connectivity index (χ3n) is 5.80. The Kier molecular flexibility index (Phi) is 10.3. The summed E-state index contributed by atoms with van der Waals surface area (Å²) in [6.45, 7) is 11.5. The van der Waals surface area contributed by atoms with E-state index in [0.717, 1.165) is 17.4 Å². The van der Waals surface area contributed by atoms with Crippen LogP contribution < -0.4 is 9.62 Å². The summed E-state index contributed by atoms with van der Waals surface area (Å²) >= 11 is 0. The van der Waals surface area contributed by atoms with Crippen molar-refractivity contribution in [3.8, 4) is 0 Å². The Morgan fingerprint density at radius 3 is 2.08 bits per heavy atom. The molecule has 204 valence electrons. The van der Waals surface area contributed by atoms with Crippen LogP contribution in [0.4, 0.5) is 10.1 Å². The number of carbonyl (C=O) groups is 2. The molecule has 1 atom stereocenters. The Balaban J connectivity index is 2.26. The highest BCUT2D eigenvalue weighted by molar-refractivity contribution is 7.92. The number of anilines is 1. The molecule has 9 heteroatoms. The molecule has 0 radical (unpaired) electrons. The molecule has 0 aliphatic heterocycles. The van der Waals surface area contributed by atoms with E-state index in [1.165, 1.54) is 21.3 Å². The molecule has 1 N–H and O–H groups in total. The lowest BCUT2D eigenvalue weighted by Gasteiger charge is -2.33. The van der Waals surface area contributed by atoms with Gasteiger partial charge in [-0.15, -0.1) is 0 Å². The van der Waals surface area contributed by atoms with Gasteiger partial charge in [0.25, 0.3) is 0 Å². The summed E-state index contributed by atoms with van der Waals surface area (Å²) < 4.78 is 39.9. The SMILES string of the molecule is CCC(C(=O)NC(C)(C)C)N(Cc1ccc(F)cc1)C(=O)CCCN(c1cc(C)cc(C)c1)S(C)(=O)=O. The summed E-state index contributed by atoms with van der Waals surface area (Å²) in [5.41, 5.74) is 2.68. The van der Waals surface area contributed by atoms with Crippen LogP contribution in [-0.4, -0.2) is 49.5 Å². The quantitative estimate of drug-likeness (QED) is 0.453. The molecule has 2 rings (SSSR count). The molecule has 0 saturated heterocycles. The number of hydrogen-bond donors (Lipinski definition) is 1. The first-order valence-corrected chi connectivity index (χ1v) is 14.4. The highest BCUT2D eigenvalue weighted by Crippen LogP contribution is 2.23. The van der Waals surface area contributed by atoms with Crippen molar-refractivity contribution in [3.63, 3.8) is 0 Å². The molecule has 2 aromatic rings. The number of halogens is 1. The van der Waals surface area contributed by atoms with Crippen molar-refractivity contribution in [1.82, 2.24) is 10.2 Å². The Bertz CT molecular complexity index is 1170. The van der Waals surface area contributed by atoms with E-state index in [1.807, 2.05) is 47.6 Å². The molecule has 7 nitrogen and oxygen atoms in total. The highest BCUT2D eigenvalue weighted by Gasteiger charge is 2.30. The fraction of sp³-hybridized carbons (Fsp3) is 0.500. The van der Waals surface area contributed by atoms with Gasteiger partial charge in [-0.1, -0.05) is 25.1 Å². The average Bonchev–Trinajstić information content (AvgIpc) is 2.75. The number of aryl methyl sites for hydroxylation is 2. The second-order valence-electron chi connectivity index (χ2n) is 10.6. The van der Waals surface area contributed by atoms with Crippen LogP contribution in [-0.2, 0) is 26.2 Å². The fourth-order valence-corrected chi connectivity index (χ4v) is 5.21. The number of carbonyl (C=O) groups excluding carboxylic acids is 2. The van der Waals surface area contributed by atoms with Gasteiger partial charge in [0.1, 0.15) is 11.9 Å². The first-order chi connectivity index (χ1) is 17.1. The number of sulfonamides is 1. The van der Waals surface area contributed by atoms with Gasteiger partial charge in [0, 0.05) is 25.0 Å². The van der Waals surface area contributed by atoms with Gasteiger partial charge in [0.15, 0.2) is 0 Å². The van der Waals surface area contributed by atoms with Crippen LogP contribution in [0.2, 0.25) is 0 Å². The molecule has 0 saturated carbocycles. The van der Waals surface area contributed by atoms with Crippen LogP contribution in [0.5, 0.6) is 0 Å². The Hall–Kier alpha value is -2.94. The zero-order valence-corrected chi connectivity index (χ0v) is 23.8. The summed E-state index contributed by atoms with van der Waals surface area (Å²) in [6.07, 6.45) is 1.87. The minimum absolute atomic E-state index is 0.0529. The molecule has 0 aliphatic carbocycles. The van der Waals surface area contributed by atoms with Crippen molar-refractivity contribution in [2.24, 2.45) is 0 Å². The molecule has 0 heterocycles. The molecule has 0 spiro atoms.